The minimum absolute atomic E-state index is 0.0158. The van der Waals surface area contributed by atoms with Crippen molar-refractivity contribution in [3.63, 3.8) is 0 Å². The summed E-state index contributed by atoms with van der Waals surface area (Å²) in [5.41, 5.74) is 7.27. The topological polar surface area (TPSA) is 106 Å². The van der Waals surface area contributed by atoms with Crippen LogP contribution in [0.15, 0.2) is 45.7 Å². The van der Waals surface area contributed by atoms with E-state index in [0.29, 0.717) is 22.4 Å². The van der Waals surface area contributed by atoms with Gasteiger partial charge in [0, 0.05) is 11.8 Å². The van der Waals surface area contributed by atoms with Crippen LogP contribution < -0.4 is 5.73 Å². The standard InChI is InChI=1S/C15H14N2O4S/c1-2-22(19,20)10-4-6-14-12(8-10)17-15(21-14)11-5-3-9(16)7-13(11)18/h3-8,18H,2,16H2,1H3. The van der Waals surface area contributed by atoms with Crippen LogP contribution in [0, 0.1) is 0 Å². The summed E-state index contributed by atoms with van der Waals surface area (Å²) in [6.07, 6.45) is 0. The Morgan fingerprint density at radius 2 is 2.00 bits per heavy atom. The van der Waals surface area contributed by atoms with Crippen LogP contribution in [0.25, 0.3) is 22.6 Å². The third-order valence-electron chi connectivity index (χ3n) is 3.35. The number of benzene rings is 2. The van der Waals surface area contributed by atoms with E-state index in [9.17, 15) is 13.5 Å². The zero-order valence-electron chi connectivity index (χ0n) is 11.8. The van der Waals surface area contributed by atoms with Crippen molar-refractivity contribution in [1.82, 2.24) is 4.98 Å². The van der Waals surface area contributed by atoms with Crippen LogP contribution in [0.5, 0.6) is 5.75 Å². The van der Waals surface area contributed by atoms with Crippen molar-refractivity contribution in [3.8, 4) is 17.2 Å². The van der Waals surface area contributed by atoms with E-state index in [1.165, 1.54) is 18.2 Å². The number of anilines is 1. The molecule has 3 rings (SSSR count). The number of sulfone groups is 1. The molecule has 2 aromatic carbocycles. The molecule has 0 aliphatic heterocycles. The highest BCUT2D eigenvalue weighted by Crippen LogP contribution is 2.32. The lowest BCUT2D eigenvalue weighted by Gasteiger charge is -2.00. The van der Waals surface area contributed by atoms with E-state index < -0.39 is 9.84 Å². The highest BCUT2D eigenvalue weighted by Gasteiger charge is 2.16. The molecule has 0 atom stereocenters. The lowest BCUT2D eigenvalue weighted by atomic mass is 10.2. The molecule has 0 aliphatic carbocycles. The maximum absolute atomic E-state index is 11.9. The summed E-state index contributed by atoms with van der Waals surface area (Å²) in [6.45, 7) is 1.58. The Morgan fingerprint density at radius 1 is 1.23 bits per heavy atom. The normalized spacial score (nSPS) is 11.9. The molecule has 1 aromatic heterocycles. The average Bonchev–Trinajstić information content (AvgIpc) is 2.89. The first-order valence-electron chi connectivity index (χ1n) is 6.63. The molecule has 114 valence electrons. The lowest BCUT2D eigenvalue weighted by Crippen LogP contribution is -2.03. The van der Waals surface area contributed by atoms with Crippen molar-refractivity contribution < 1.29 is 17.9 Å². The van der Waals surface area contributed by atoms with Crippen molar-refractivity contribution in [2.24, 2.45) is 0 Å². The van der Waals surface area contributed by atoms with Gasteiger partial charge in [0.1, 0.15) is 11.3 Å². The molecule has 0 aliphatic rings. The predicted molar refractivity (Wildman–Crippen MR) is 83.2 cm³/mol. The van der Waals surface area contributed by atoms with Gasteiger partial charge in [0.05, 0.1) is 16.2 Å². The maximum atomic E-state index is 11.9. The predicted octanol–water partition coefficient (Wildman–Crippen LogP) is 2.58. The summed E-state index contributed by atoms with van der Waals surface area (Å²) in [4.78, 5) is 4.45. The second-order valence-electron chi connectivity index (χ2n) is 4.83. The summed E-state index contributed by atoms with van der Waals surface area (Å²) in [5.74, 6) is 0.175. The first-order chi connectivity index (χ1) is 10.4. The molecular formula is C15H14N2O4S. The van der Waals surface area contributed by atoms with Gasteiger partial charge in [-0.2, -0.15) is 0 Å². The van der Waals surface area contributed by atoms with Crippen LogP contribution >= 0.6 is 0 Å². The number of nitrogens with zero attached hydrogens (tertiary/aromatic N) is 1. The largest absolute Gasteiger partial charge is 0.507 e. The second kappa shape index (κ2) is 5.03. The smallest absolute Gasteiger partial charge is 0.231 e. The van der Waals surface area contributed by atoms with Crippen LogP contribution in [0.4, 0.5) is 5.69 Å². The van der Waals surface area contributed by atoms with E-state index in [4.69, 9.17) is 10.2 Å². The van der Waals surface area contributed by atoms with Crippen molar-refractivity contribution in [2.75, 3.05) is 11.5 Å². The highest BCUT2D eigenvalue weighted by molar-refractivity contribution is 7.91. The van der Waals surface area contributed by atoms with Gasteiger partial charge in [-0.25, -0.2) is 13.4 Å². The molecule has 0 radical (unpaired) electrons. The number of phenols is 1. The van der Waals surface area contributed by atoms with E-state index in [0.717, 1.165) is 0 Å². The fourth-order valence-corrected chi connectivity index (χ4v) is 3.01. The summed E-state index contributed by atoms with van der Waals surface area (Å²) in [6, 6.07) is 9.13. The van der Waals surface area contributed by atoms with E-state index >= 15 is 0 Å². The molecule has 0 saturated heterocycles. The summed E-state index contributed by atoms with van der Waals surface area (Å²) >= 11 is 0. The average molecular weight is 318 g/mol. The molecule has 3 N–H and O–H groups in total. The Balaban J connectivity index is 2.14. The molecule has 22 heavy (non-hydrogen) atoms. The van der Waals surface area contributed by atoms with Crippen LogP contribution in [0.3, 0.4) is 0 Å². The molecule has 3 aromatic rings. The fourth-order valence-electron chi connectivity index (χ4n) is 2.11. The van der Waals surface area contributed by atoms with E-state index in [2.05, 4.69) is 4.98 Å². The molecule has 1 heterocycles. The molecule has 6 nitrogen and oxygen atoms in total. The molecular weight excluding hydrogens is 304 g/mol. The van der Waals surface area contributed by atoms with Gasteiger partial charge < -0.3 is 15.3 Å². The number of aromatic hydroxyl groups is 1. The van der Waals surface area contributed by atoms with Gasteiger partial charge in [0.15, 0.2) is 15.4 Å². The van der Waals surface area contributed by atoms with E-state index in [1.807, 2.05) is 0 Å². The number of hydrogen-bond donors (Lipinski definition) is 2. The monoisotopic (exact) mass is 318 g/mol. The van der Waals surface area contributed by atoms with Gasteiger partial charge in [0.25, 0.3) is 0 Å². The SMILES string of the molecule is CCS(=O)(=O)c1ccc2oc(-c3ccc(N)cc3O)nc2c1. The molecule has 0 spiro atoms. The lowest BCUT2D eigenvalue weighted by molar-refractivity contribution is 0.474. The first-order valence-corrected chi connectivity index (χ1v) is 8.28. The zero-order chi connectivity index (χ0) is 15.9. The fraction of sp³-hybridized carbons (Fsp3) is 0.133. The molecule has 0 saturated carbocycles. The van der Waals surface area contributed by atoms with Gasteiger partial charge >= 0.3 is 0 Å². The minimum Gasteiger partial charge on any atom is -0.507 e. The number of fused-ring (bicyclic) bond motifs is 1. The highest BCUT2D eigenvalue weighted by atomic mass is 32.2. The second-order valence-corrected chi connectivity index (χ2v) is 7.11. The van der Waals surface area contributed by atoms with Crippen molar-refractivity contribution in [3.05, 3.63) is 36.4 Å². The zero-order valence-corrected chi connectivity index (χ0v) is 12.6. The number of nitrogen functional groups attached to an aromatic ring is 1. The van der Waals surface area contributed by atoms with Gasteiger partial charge in [-0.3, -0.25) is 0 Å². The molecule has 7 heteroatoms. The van der Waals surface area contributed by atoms with Crippen molar-refractivity contribution in [1.29, 1.82) is 0 Å². The van der Waals surface area contributed by atoms with Gasteiger partial charge in [-0.05, 0) is 30.3 Å². The van der Waals surface area contributed by atoms with Gasteiger partial charge in [0.2, 0.25) is 5.89 Å². The molecule has 0 unspecified atom stereocenters. The Bertz CT molecular complexity index is 961. The number of hydrogen-bond acceptors (Lipinski definition) is 6. The van der Waals surface area contributed by atoms with Crippen LogP contribution in [0.2, 0.25) is 0 Å². The first kappa shape index (κ1) is 14.4. The quantitative estimate of drug-likeness (QED) is 0.719. The summed E-state index contributed by atoms with van der Waals surface area (Å²) < 4.78 is 29.4. The number of oxazole rings is 1. The van der Waals surface area contributed by atoms with Crippen LogP contribution in [0.1, 0.15) is 6.92 Å². The summed E-state index contributed by atoms with van der Waals surface area (Å²) in [7, 11) is -3.31. The van der Waals surface area contributed by atoms with Crippen molar-refractivity contribution >= 4 is 26.6 Å². The molecule has 0 fully saturated rings. The van der Waals surface area contributed by atoms with Crippen LogP contribution in [-0.4, -0.2) is 24.3 Å². The Labute approximate surface area is 127 Å². The number of phenolic OH excluding ortho intramolecular Hbond substituents is 1. The molecule has 0 bridgehead atoms. The van der Waals surface area contributed by atoms with E-state index in [-0.39, 0.29) is 22.3 Å². The van der Waals surface area contributed by atoms with Gasteiger partial charge in [-0.15, -0.1) is 0 Å². The summed E-state index contributed by atoms with van der Waals surface area (Å²) in [5, 5.41) is 9.92. The minimum atomic E-state index is -3.31. The van der Waals surface area contributed by atoms with Crippen LogP contribution in [-0.2, 0) is 9.84 Å². The third-order valence-corrected chi connectivity index (χ3v) is 5.08. The Kier molecular flexibility index (Phi) is 3.29. The Hall–Kier alpha value is -2.54. The number of nitrogens with two attached hydrogens (primary N) is 1. The number of rotatable bonds is 3. The van der Waals surface area contributed by atoms with Gasteiger partial charge in [-0.1, -0.05) is 6.92 Å². The molecule has 0 amide bonds. The Morgan fingerprint density at radius 3 is 2.68 bits per heavy atom. The maximum Gasteiger partial charge on any atom is 0.231 e. The third kappa shape index (κ3) is 2.39. The van der Waals surface area contributed by atoms with Crippen molar-refractivity contribution in [2.45, 2.75) is 11.8 Å². The van der Waals surface area contributed by atoms with E-state index in [1.54, 1.807) is 25.1 Å². The number of aromatic nitrogens is 1.